The minimum Gasteiger partial charge on any atom is -0.394 e. The Kier molecular flexibility index (Phi) is 8.73. The fourth-order valence-corrected chi connectivity index (χ4v) is 1.63. The summed E-state index contributed by atoms with van der Waals surface area (Å²) in [6, 6.07) is 0. The normalized spacial score (nSPS) is 25.3. The Morgan fingerprint density at radius 3 is 1.10 bits per heavy atom. The van der Waals surface area contributed by atoms with E-state index >= 15 is 0 Å². The predicted molar refractivity (Wildman–Crippen MR) is 66.8 cm³/mol. The van der Waals surface area contributed by atoms with Gasteiger partial charge < -0.3 is 51.1 Å². The van der Waals surface area contributed by atoms with Crippen LogP contribution in [0, 0.1) is 0 Å². The number of aliphatic hydroxyl groups excluding tert-OH is 10. The van der Waals surface area contributed by atoms with E-state index < -0.39 is 61.5 Å². The van der Waals surface area contributed by atoms with Crippen molar-refractivity contribution in [3.8, 4) is 0 Å². The average Bonchev–Trinajstić information content (AvgIpc) is 2.48. The summed E-state index contributed by atoms with van der Waals surface area (Å²) in [5.41, 5.74) is 0. The largest absolute Gasteiger partial charge is 0.394 e. The molecule has 0 unspecified atom stereocenters. The monoisotopic (exact) mass is 316 g/mol. The standard InChI is InChI=1S/C11H24O10/c1-3(13)5(15)7(17)9(19)11(21)10(20)8(18)6(16)4(14)2-12/h3-21H,2H2,1H3/t3-,4+,5-,6+,7-,8+,9-,10+,11-/m0/s1. The highest BCUT2D eigenvalue weighted by atomic mass is 16.4. The van der Waals surface area contributed by atoms with E-state index in [1.807, 2.05) is 0 Å². The lowest BCUT2D eigenvalue weighted by molar-refractivity contribution is -0.185. The van der Waals surface area contributed by atoms with E-state index in [0.29, 0.717) is 0 Å². The summed E-state index contributed by atoms with van der Waals surface area (Å²) in [6.07, 6.45) is -17.8. The van der Waals surface area contributed by atoms with Crippen LogP contribution >= 0.6 is 0 Å². The number of hydrogen-bond acceptors (Lipinski definition) is 10. The van der Waals surface area contributed by atoms with Gasteiger partial charge in [-0.15, -0.1) is 0 Å². The van der Waals surface area contributed by atoms with Crippen LogP contribution in [0.1, 0.15) is 6.92 Å². The summed E-state index contributed by atoms with van der Waals surface area (Å²) in [6.45, 7) is 0.187. The molecule has 21 heavy (non-hydrogen) atoms. The minimum atomic E-state index is -2.20. The lowest BCUT2D eigenvalue weighted by Crippen LogP contribution is -2.57. The average molecular weight is 316 g/mol. The topological polar surface area (TPSA) is 202 Å². The van der Waals surface area contributed by atoms with Crippen LogP contribution < -0.4 is 0 Å². The maximum atomic E-state index is 9.59. The molecule has 0 saturated carbocycles. The highest BCUT2D eigenvalue weighted by Gasteiger charge is 2.41. The van der Waals surface area contributed by atoms with Crippen LogP contribution in [0.25, 0.3) is 0 Å². The Hall–Kier alpha value is -0.400. The van der Waals surface area contributed by atoms with Crippen molar-refractivity contribution in [3.05, 3.63) is 0 Å². The summed E-state index contributed by atoms with van der Waals surface area (Å²) < 4.78 is 0. The summed E-state index contributed by atoms with van der Waals surface area (Å²) in [7, 11) is 0. The van der Waals surface area contributed by atoms with E-state index in [2.05, 4.69) is 0 Å². The van der Waals surface area contributed by atoms with Gasteiger partial charge in [0.15, 0.2) is 0 Å². The highest BCUT2D eigenvalue weighted by Crippen LogP contribution is 2.15. The van der Waals surface area contributed by atoms with E-state index in [4.69, 9.17) is 15.3 Å². The van der Waals surface area contributed by atoms with Gasteiger partial charge in [-0.3, -0.25) is 0 Å². The fourth-order valence-electron chi connectivity index (χ4n) is 1.63. The van der Waals surface area contributed by atoms with Crippen molar-refractivity contribution in [1.29, 1.82) is 0 Å². The lowest BCUT2D eigenvalue weighted by Gasteiger charge is -2.33. The van der Waals surface area contributed by atoms with E-state index in [9.17, 15) is 35.7 Å². The third kappa shape index (κ3) is 5.38. The van der Waals surface area contributed by atoms with Gasteiger partial charge in [0, 0.05) is 0 Å². The molecule has 0 heterocycles. The van der Waals surface area contributed by atoms with Crippen LogP contribution in [0.2, 0.25) is 0 Å². The van der Waals surface area contributed by atoms with Crippen molar-refractivity contribution in [2.45, 2.75) is 61.9 Å². The molecule has 0 aromatic heterocycles. The van der Waals surface area contributed by atoms with Gasteiger partial charge >= 0.3 is 0 Å². The quantitative estimate of drug-likeness (QED) is 0.195. The highest BCUT2D eigenvalue weighted by molar-refractivity contribution is 4.91. The van der Waals surface area contributed by atoms with E-state index in [-0.39, 0.29) is 0 Å². The van der Waals surface area contributed by atoms with Gasteiger partial charge in [-0.2, -0.15) is 0 Å². The van der Waals surface area contributed by atoms with Gasteiger partial charge in [-0.25, -0.2) is 0 Å². The smallest absolute Gasteiger partial charge is 0.111 e. The van der Waals surface area contributed by atoms with Crippen molar-refractivity contribution in [1.82, 2.24) is 0 Å². The molecular weight excluding hydrogens is 292 g/mol. The zero-order valence-corrected chi connectivity index (χ0v) is 11.4. The first kappa shape index (κ1) is 20.6. The van der Waals surface area contributed by atoms with Crippen LogP contribution in [-0.2, 0) is 0 Å². The van der Waals surface area contributed by atoms with Crippen molar-refractivity contribution in [2.24, 2.45) is 0 Å². The fraction of sp³-hybridized carbons (Fsp3) is 1.00. The summed E-state index contributed by atoms with van der Waals surface area (Å²) >= 11 is 0. The van der Waals surface area contributed by atoms with Crippen molar-refractivity contribution < 1.29 is 51.1 Å². The maximum absolute atomic E-state index is 9.59. The molecule has 0 spiro atoms. The van der Waals surface area contributed by atoms with Crippen LogP contribution in [0.4, 0.5) is 0 Å². The van der Waals surface area contributed by atoms with Crippen molar-refractivity contribution in [2.75, 3.05) is 6.61 Å². The number of rotatable bonds is 9. The molecule has 0 rings (SSSR count). The van der Waals surface area contributed by atoms with E-state index in [0.717, 1.165) is 6.92 Å². The molecule has 0 aliphatic rings. The molecule has 0 radical (unpaired) electrons. The van der Waals surface area contributed by atoms with Crippen molar-refractivity contribution in [3.63, 3.8) is 0 Å². The van der Waals surface area contributed by atoms with Gasteiger partial charge in [0.25, 0.3) is 0 Å². The molecule has 10 nitrogen and oxygen atoms in total. The third-order valence-corrected chi connectivity index (χ3v) is 3.18. The molecule has 0 aromatic carbocycles. The number of aliphatic hydroxyl groups is 10. The Morgan fingerprint density at radius 2 is 0.810 bits per heavy atom. The first-order valence-corrected chi connectivity index (χ1v) is 6.29. The zero-order valence-electron chi connectivity index (χ0n) is 11.4. The Morgan fingerprint density at radius 1 is 0.524 bits per heavy atom. The zero-order chi connectivity index (χ0) is 16.9. The van der Waals surface area contributed by atoms with Crippen LogP contribution in [-0.4, -0.2) is 113 Å². The molecule has 0 aliphatic carbocycles. The van der Waals surface area contributed by atoms with Crippen LogP contribution in [0.5, 0.6) is 0 Å². The molecule has 0 bridgehead atoms. The minimum absolute atomic E-state index is 0.924. The Bertz CT molecular complexity index is 288. The summed E-state index contributed by atoms with van der Waals surface area (Å²) in [4.78, 5) is 0. The molecule has 9 atom stereocenters. The Labute approximate surface area is 120 Å². The van der Waals surface area contributed by atoms with Crippen LogP contribution in [0.15, 0.2) is 0 Å². The SMILES string of the molecule is C[C@H](O)[C@H](O)[C@H](O)[C@H](O)[C@H](O)[C@H](O)[C@H](O)[C@H](O)[C@H](O)CO. The summed E-state index contributed by atoms with van der Waals surface area (Å²) in [5.74, 6) is 0. The number of hydrogen-bond donors (Lipinski definition) is 10. The van der Waals surface area contributed by atoms with Gasteiger partial charge in [-0.05, 0) is 6.92 Å². The molecular formula is C11H24O10. The molecule has 10 heteroatoms. The summed E-state index contributed by atoms with van der Waals surface area (Å²) in [5, 5.41) is 93.1. The predicted octanol–water partition coefficient (Wildman–Crippen LogP) is -5.75. The second-order valence-electron chi connectivity index (χ2n) is 4.92. The van der Waals surface area contributed by atoms with Gasteiger partial charge in [-0.1, -0.05) is 0 Å². The van der Waals surface area contributed by atoms with Gasteiger partial charge in [0.2, 0.25) is 0 Å². The molecule has 0 aromatic rings. The van der Waals surface area contributed by atoms with Crippen molar-refractivity contribution >= 4 is 0 Å². The van der Waals surface area contributed by atoms with Crippen LogP contribution in [0.3, 0.4) is 0 Å². The third-order valence-electron chi connectivity index (χ3n) is 3.18. The second kappa shape index (κ2) is 8.90. The second-order valence-corrected chi connectivity index (χ2v) is 4.92. The van der Waals surface area contributed by atoms with Gasteiger partial charge in [0.1, 0.15) is 48.8 Å². The molecule has 0 saturated heterocycles. The first-order chi connectivity index (χ1) is 9.56. The first-order valence-electron chi connectivity index (χ1n) is 6.29. The molecule has 10 N–H and O–H groups in total. The van der Waals surface area contributed by atoms with E-state index in [1.165, 1.54) is 0 Å². The van der Waals surface area contributed by atoms with Gasteiger partial charge in [0.05, 0.1) is 12.7 Å². The lowest BCUT2D eigenvalue weighted by atomic mass is 9.92. The molecule has 0 amide bonds. The van der Waals surface area contributed by atoms with E-state index in [1.54, 1.807) is 0 Å². The molecule has 128 valence electrons. The molecule has 0 fully saturated rings. The Balaban J connectivity index is 4.79. The molecule has 0 aliphatic heterocycles. The maximum Gasteiger partial charge on any atom is 0.111 e.